The van der Waals surface area contributed by atoms with Crippen molar-refractivity contribution in [3.8, 4) is 17.1 Å². The van der Waals surface area contributed by atoms with Gasteiger partial charge in [0.2, 0.25) is 11.7 Å². The molecule has 7 heteroatoms. The summed E-state index contributed by atoms with van der Waals surface area (Å²) in [5, 5.41) is 3.96. The van der Waals surface area contributed by atoms with E-state index in [0.717, 1.165) is 10.0 Å². The van der Waals surface area contributed by atoms with Crippen molar-refractivity contribution in [2.75, 3.05) is 13.7 Å². The Morgan fingerprint density at radius 1 is 1.21 bits per heavy atom. The van der Waals surface area contributed by atoms with Crippen molar-refractivity contribution in [3.63, 3.8) is 0 Å². The van der Waals surface area contributed by atoms with Crippen molar-refractivity contribution >= 4 is 21.8 Å². The van der Waals surface area contributed by atoms with Crippen LogP contribution >= 0.6 is 15.9 Å². The lowest BCUT2D eigenvalue weighted by molar-refractivity contribution is -0.132. The number of amides is 1. The maximum absolute atomic E-state index is 12.4. The normalized spacial score (nSPS) is 10.9. The minimum Gasteiger partial charge on any atom is -0.483 e. The molecular weight excluding hydrogens is 422 g/mol. The van der Waals surface area contributed by atoms with E-state index in [2.05, 4.69) is 39.9 Å². The standard InChI is InChI=1S/C21H22BrN3O3/c1-14(2)16-9-10-18(17(22)11-16)27-13-20(26)25(3)12-19-23-21(24-28-19)15-7-5-4-6-8-15/h4-11,14H,12-13H2,1-3H3. The number of hydrogen-bond acceptors (Lipinski definition) is 5. The molecule has 28 heavy (non-hydrogen) atoms. The van der Waals surface area contributed by atoms with Crippen molar-refractivity contribution in [1.29, 1.82) is 0 Å². The van der Waals surface area contributed by atoms with Crippen LogP contribution < -0.4 is 4.74 Å². The molecule has 0 N–H and O–H groups in total. The van der Waals surface area contributed by atoms with Crippen LogP contribution in [0.2, 0.25) is 0 Å². The minimum absolute atomic E-state index is 0.0736. The molecule has 0 saturated heterocycles. The number of aromatic nitrogens is 2. The molecule has 3 rings (SSSR count). The van der Waals surface area contributed by atoms with E-state index in [-0.39, 0.29) is 19.1 Å². The van der Waals surface area contributed by atoms with E-state index in [4.69, 9.17) is 9.26 Å². The summed E-state index contributed by atoms with van der Waals surface area (Å²) in [6.07, 6.45) is 0. The molecule has 1 heterocycles. The molecule has 2 aromatic carbocycles. The Hall–Kier alpha value is -2.67. The highest BCUT2D eigenvalue weighted by Gasteiger charge is 2.16. The van der Waals surface area contributed by atoms with Crippen LogP contribution in [0.15, 0.2) is 57.5 Å². The predicted molar refractivity (Wildman–Crippen MR) is 110 cm³/mol. The van der Waals surface area contributed by atoms with Gasteiger partial charge in [0.15, 0.2) is 6.61 Å². The Balaban J connectivity index is 1.56. The number of carbonyl (C=O) groups is 1. The van der Waals surface area contributed by atoms with E-state index in [1.54, 1.807) is 7.05 Å². The summed E-state index contributed by atoms with van der Waals surface area (Å²) in [6.45, 7) is 4.40. The Morgan fingerprint density at radius 2 is 1.96 bits per heavy atom. The van der Waals surface area contributed by atoms with Gasteiger partial charge in [-0.1, -0.05) is 55.4 Å². The highest BCUT2D eigenvalue weighted by molar-refractivity contribution is 9.10. The number of likely N-dealkylation sites (N-methyl/N-ethyl adjacent to an activating group) is 1. The maximum Gasteiger partial charge on any atom is 0.260 e. The van der Waals surface area contributed by atoms with Crippen LogP contribution in [0, 0.1) is 0 Å². The van der Waals surface area contributed by atoms with Crippen LogP contribution in [0.3, 0.4) is 0 Å². The second-order valence-electron chi connectivity index (χ2n) is 6.76. The second-order valence-corrected chi connectivity index (χ2v) is 7.62. The van der Waals surface area contributed by atoms with E-state index in [1.165, 1.54) is 10.5 Å². The van der Waals surface area contributed by atoms with E-state index < -0.39 is 0 Å². The molecular formula is C21H22BrN3O3. The summed E-state index contributed by atoms with van der Waals surface area (Å²) in [6, 6.07) is 15.4. The number of nitrogens with zero attached hydrogens (tertiary/aromatic N) is 3. The number of halogens is 1. The number of rotatable bonds is 7. The molecule has 0 saturated carbocycles. The van der Waals surface area contributed by atoms with Crippen LogP contribution in [0.4, 0.5) is 0 Å². The highest BCUT2D eigenvalue weighted by atomic mass is 79.9. The molecule has 0 aliphatic rings. The van der Waals surface area contributed by atoms with E-state index in [1.807, 2.05) is 48.5 Å². The summed E-state index contributed by atoms with van der Waals surface area (Å²) < 4.78 is 11.7. The first-order valence-corrected chi connectivity index (χ1v) is 9.77. The third kappa shape index (κ3) is 4.98. The monoisotopic (exact) mass is 443 g/mol. The molecule has 0 aliphatic heterocycles. The summed E-state index contributed by atoms with van der Waals surface area (Å²) in [4.78, 5) is 18.2. The molecule has 1 aromatic heterocycles. The zero-order valence-electron chi connectivity index (χ0n) is 16.1. The topological polar surface area (TPSA) is 68.5 Å². The zero-order valence-corrected chi connectivity index (χ0v) is 17.6. The number of hydrogen-bond donors (Lipinski definition) is 0. The molecule has 3 aromatic rings. The van der Waals surface area contributed by atoms with E-state index in [0.29, 0.717) is 23.4 Å². The fraction of sp³-hybridized carbons (Fsp3) is 0.286. The first-order valence-electron chi connectivity index (χ1n) is 8.98. The van der Waals surface area contributed by atoms with Crippen LogP contribution in [0.1, 0.15) is 31.2 Å². The highest BCUT2D eigenvalue weighted by Crippen LogP contribution is 2.29. The Morgan fingerprint density at radius 3 is 2.64 bits per heavy atom. The lowest BCUT2D eigenvalue weighted by Crippen LogP contribution is -2.31. The van der Waals surface area contributed by atoms with Gasteiger partial charge in [-0.3, -0.25) is 4.79 Å². The van der Waals surface area contributed by atoms with Crippen molar-refractivity contribution < 1.29 is 14.1 Å². The van der Waals surface area contributed by atoms with Gasteiger partial charge >= 0.3 is 0 Å². The predicted octanol–water partition coefficient (Wildman–Crippen LogP) is 4.66. The molecule has 0 bridgehead atoms. The van der Waals surface area contributed by atoms with Gasteiger partial charge in [0.1, 0.15) is 5.75 Å². The molecule has 146 valence electrons. The van der Waals surface area contributed by atoms with Gasteiger partial charge in [-0.25, -0.2) is 0 Å². The molecule has 0 fully saturated rings. The van der Waals surface area contributed by atoms with Gasteiger partial charge < -0.3 is 14.2 Å². The average Bonchev–Trinajstić information content (AvgIpc) is 3.15. The Bertz CT molecular complexity index is 941. The summed E-state index contributed by atoms with van der Waals surface area (Å²) >= 11 is 3.50. The molecule has 1 amide bonds. The summed E-state index contributed by atoms with van der Waals surface area (Å²) in [7, 11) is 1.68. The van der Waals surface area contributed by atoms with Crippen LogP contribution in [0.5, 0.6) is 5.75 Å². The van der Waals surface area contributed by atoms with Gasteiger partial charge in [-0.2, -0.15) is 4.98 Å². The van der Waals surface area contributed by atoms with Crippen LogP contribution in [0.25, 0.3) is 11.4 Å². The quantitative estimate of drug-likeness (QED) is 0.530. The van der Waals surface area contributed by atoms with Gasteiger partial charge in [0.25, 0.3) is 5.91 Å². The van der Waals surface area contributed by atoms with E-state index in [9.17, 15) is 4.79 Å². The minimum atomic E-state index is -0.181. The fourth-order valence-electron chi connectivity index (χ4n) is 2.56. The van der Waals surface area contributed by atoms with Crippen molar-refractivity contribution in [3.05, 3.63) is 64.5 Å². The van der Waals surface area contributed by atoms with Crippen molar-refractivity contribution in [2.45, 2.75) is 26.3 Å². The Kier molecular flexibility index (Phi) is 6.46. The molecule has 0 radical (unpaired) electrons. The summed E-state index contributed by atoms with van der Waals surface area (Å²) in [5.41, 5.74) is 2.07. The molecule has 0 aliphatic carbocycles. The first-order chi connectivity index (χ1) is 13.4. The fourth-order valence-corrected chi connectivity index (χ4v) is 3.07. The Labute approximate surface area is 172 Å². The van der Waals surface area contributed by atoms with Crippen molar-refractivity contribution in [2.24, 2.45) is 0 Å². The number of carbonyl (C=O) groups excluding carboxylic acids is 1. The van der Waals surface area contributed by atoms with Crippen LogP contribution in [-0.2, 0) is 11.3 Å². The van der Waals surface area contributed by atoms with E-state index >= 15 is 0 Å². The number of benzene rings is 2. The molecule has 0 unspecified atom stereocenters. The van der Waals surface area contributed by atoms with Gasteiger partial charge in [0, 0.05) is 12.6 Å². The maximum atomic E-state index is 12.4. The second kappa shape index (κ2) is 9.01. The average molecular weight is 444 g/mol. The zero-order chi connectivity index (χ0) is 20.1. The molecule has 6 nitrogen and oxygen atoms in total. The number of ether oxygens (including phenoxy) is 1. The first kappa shape index (κ1) is 20.1. The van der Waals surface area contributed by atoms with Crippen LogP contribution in [-0.4, -0.2) is 34.6 Å². The lowest BCUT2D eigenvalue weighted by Gasteiger charge is -2.16. The smallest absolute Gasteiger partial charge is 0.260 e. The SMILES string of the molecule is CC(C)c1ccc(OCC(=O)N(C)Cc2nc(-c3ccccc3)no2)c(Br)c1. The largest absolute Gasteiger partial charge is 0.483 e. The van der Waals surface area contributed by atoms with Crippen molar-refractivity contribution in [1.82, 2.24) is 15.0 Å². The molecule has 0 atom stereocenters. The molecule has 0 spiro atoms. The van der Waals surface area contributed by atoms with Gasteiger partial charge in [-0.15, -0.1) is 0 Å². The third-order valence-corrected chi connectivity index (χ3v) is 4.89. The van der Waals surface area contributed by atoms with Gasteiger partial charge in [0.05, 0.1) is 11.0 Å². The third-order valence-electron chi connectivity index (χ3n) is 4.27. The van der Waals surface area contributed by atoms with Gasteiger partial charge in [-0.05, 0) is 39.5 Å². The lowest BCUT2D eigenvalue weighted by atomic mass is 10.0. The summed E-state index contributed by atoms with van der Waals surface area (Å²) in [5.74, 6) is 1.75.